The molecule has 1 aliphatic heterocycles. The third-order valence-corrected chi connectivity index (χ3v) is 11.2. The van der Waals surface area contributed by atoms with Crippen molar-refractivity contribution in [3.8, 4) is 11.1 Å². The number of aryl methyl sites for hydroxylation is 1. The van der Waals surface area contributed by atoms with Gasteiger partial charge in [-0.25, -0.2) is 4.99 Å². The van der Waals surface area contributed by atoms with Crippen LogP contribution < -0.4 is 16.4 Å². The molecule has 0 unspecified atom stereocenters. The van der Waals surface area contributed by atoms with Crippen molar-refractivity contribution in [1.29, 1.82) is 0 Å². The van der Waals surface area contributed by atoms with Gasteiger partial charge in [-0.05, 0) is 150 Å². The summed E-state index contributed by atoms with van der Waals surface area (Å²) in [6, 6.07) is 22.3. The molecule has 10 nitrogen and oxygen atoms in total. The van der Waals surface area contributed by atoms with Gasteiger partial charge in [0.15, 0.2) is 12.5 Å². The number of hydrogen-bond donors (Lipinski definition) is 3. The van der Waals surface area contributed by atoms with Crippen LogP contribution in [0.1, 0.15) is 84.8 Å². The SMILES string of the molecule is Cc1cc(C(=O)NC2CCC(N(C)C)CC2)cc(-c2ccc(C[C@H](CC(=O)C3CCC(CN)CC3)C(=O)Nc3ccc(C4=NCN=N4)cc3)cc2)c1. The number of ketones is 1. The molecule has 0 bridgehead atoms. The van der Waals surface area contributed by atoms with Crippen molar-refractivity contribution in [2.45, 2.75) is 83.2 Å². The highest BCUT2D eigenvalue weighted by Crippen LogP contribution is 2.32. The van der Waals surface area contributed by atoms with Gasteiger partial charge < -0.3 is 21.3 Å². The monoisotopic (exact) mass is 703 g/mol. The number of carbonyl (C=O) groups excluding carboxylic acids is 3. The first-order chi connectivity index (χ1) is 25.1. The van der Waals surface area contributed by atoms with Crippen molar-refractivity contribution >= 4 is 29.1 Å². The van der Waals surface area contributed by atoms with Gasteiger partial charge in [0.25, 0.3) is 5.91 Å². The Hall–Kier alpha value is -4.54. The van der Waals surface area contributed by atoms with Gasteiger partial charge >= 0.3 is 0 Å². The molecule has 274 valence electrons. The maximum Gasteiger partial charge on any atom is 0.251 e. The second-order valence-corrected chi connectivity index (χ2v) is 15.2. The van der Waals surface area contributed by atoms with E-state index in [9.17, 15) is 14.4 Å². The number of anilines is 1. The minimum atomic E-state index is -0.527. The number of carbonyl (C=O) groups is 3. The first-order valence-electron chi connectivity index (χ1n) is 18.9. The van der Waals surface area contributed by atoms with E-state index in [0.29, 0.717) is 48.7 Å². The Morgan fingerprint density at radius 3 is 2.17 bits per heavy atom. The molecular weight excluding hydrogens is 651 g/mol. The number of amides is 2. The molecule has 2 fully saturated rings. The van der Waals surface area contributed by atoms with Crippen LogP contribution in [0.3, 0.4) is 0 Å². The summed E-state index contributed by atoms with van der Waals surface area (Å²) in [5.41, 5.74) is 12.0. The average molecular weight is 704 g/mol. The van der Waals surface area contributed by atoms with Gasteiger partial charge in [0, 0.05) is 47.2 Å². The van der Waals surface area contributed by atoms with E-state index in [4.69, 9.17) is 5.73 Å². The van der Waals surface area contributed by atoms with Gasteiger partial charge in [-0.2, -0.15) is 5.11 Å². The van der Waals surface area contributed by atoms with E-state index in [0.717, 1.165) is 79.2 Å². The van der Waals surface area contributed by atoms with Crippen LogP contribution in [0.15, 0.2) is 82.0 Å². The molecule has 2 amide bonds. The Morgan fingerprint density at radius 1 is 0.846 bits per heavy atom. The lowest BCUT2D eigenvalue weighted by atomic mass is 9.77. The summed E-state index contributed by atoms with van der Waals surface area (Å²) in [5, 5.41) is 14.3. The summed E-state index contributed by atoms with van der Waals surface area (Å²) in [5.74, 6) is 0.455. The number of nitrogens with two attached hydrogens (primary N) is 1. The third kappa shape index (κ3) is 9.66. The van der Waals surface area contributed by atoms with Gasteiger partial charge in [-0.3, -0.25) is 14.4 Å². The molecular formula is C42H53N7O3. The summed E-state index contributed by atoms with van der Waals surface area (Å²) in [6.45, 7) is 3.01. The van der Waals surface area contributed by atoms with E-state index in [-0.39, 0.29) is 36.0 Å². The first-order valence-corrected chi connectivity index (χ1v) is 18.9. The van der Waals surface area contributed by atoms with Crippen LogP contribution in [-0.4, -0.2) is 67.7 Å². The molecule has 2 aliphatic carbocycles. The second-order valence-electron chi connectivity index (χ2n) is 15.2. The van der Waals surface area contributed by atoms with E-state index in [1.807, 2.05) is 67.6 Å². The average Bonchev–Trinajstić information content (AvgIpc) is 3.70. The molecule has 0 radical (unpaired) electrons. The van der Waals surface area contributed by atoms with Crippen molar-refractivity contribution in [2.75, 3.05) is 32.6 Å². The predicted molar refractivity (Wildman–Crippen MR) is 206 cm³/mol. The van der Waals surface area contributed by atoms with Gasteiger partial charge in [0.1, 0.15) is 5.78 Å². The predicted octanol–water partition coefficient (Wildman–Crippen LogP) is 6.96. The lowest BCUT2D eigenvalue weighted by Crippen LogP contribution is -2.41. The van der Waals surface area contributed by atoms with Gasteiger partial charge in [-0.1, -0.05) is 30.3 Å². The molecule has 1 heterocycles. The zero-order valence-electron chi connectivity index (χ0n) is 30.8. The quantitative estimate of drug-likeness (QED) is 0.177. The van der Waals surface area contributed by atoms with Crippen molar-refractivity contribution < 1.29 is 14.4 Å². The summed E-state index contributed by atoms with van der Waals surface area (Å²) in [7, 11) is 4.25. The normalized spacial score (nSPS) is 22.1. The number of rotatable bonds is 13. The van der Waals surface area contributed by atoms with E-state index in [1.165, 1.54) is 0 Å². The Kier molecular flexibility index (Phi) is 12.4. The maximum atomic E-state index is 13.8. The van der Waals surface area contributed by atoms with Crippen LogP contribution in [0.5, 0.6) is 0 Å². The number of Topliss-reactive ketones (excluding diaryl/α,β-unsaturated/α-hetero) is 1. The summed E-state index contributed by atoms with van der Waals surface area (Å²) >= 11 is 0. The molecule has 2 saturated carbocycles. The Morgan fingerprint density at radius 2 is 1.54 bits per heavy atom. The molecule has 1 atom stereocenters. The number of amidine groups is 1. The lowest BCUT2D eigenvalue weighted by Gasteiger charge is -2.33. The van der Waals surface area contributed by atoms with E-state index < -0.39 is 5.92 Å². The molecule has 0 saturated heterocycles. The molecule has 52 heavy (non-hydrogen) atoms. The van der Waals surface area contributed by atoms with Crippen LogP contribution in [0, 0.1) is 24.7 Å². The van der Waals surface area contributed by atoms with Crippen molar-refractivity contribution in [3.05, 3.63) is 89.0 Å². The highest BCUT2D eigenvalue weighted by Gasteiger charge is 2.30. The summed E-state index contributed by atoms with van der Waals surface area (Å²) in [4.78, 5) is 47.3. The maximum absolute atomic E-state index is 13.8. The molecule has 3 aliphatic rings. The summed E-state index contributed by atoms with van der Waals surface area (Å²) < 4.78 is 0. The van der Waals surface area contributed by atoms with Gasteiger partial charge in [0.2, 0.25) is 5.91 Å². The van der Waals surface area contributed by atoms with Crippen LogP contribution in [0.4, 0.5) is 5.69 Å². The molecule has 0 spiro atoms. The Balaban J connectivity index is 1.13. The minimum absolute atomic E-state index is 0.0260. The van der Waals surface area contributed by atoms with E-state index in [2.05, 4.69) is 50.9 Å². The Bertz CT molecular complexity index is 1770. The van der Waals surface area contributed by atoms with Gasteiger partial charge in [0.05, 0.1) is 0 Å². The minimum Gasteiger partial charge on any atom is -0.349 e. The highest BCUT2D eigenvalue weighted by atomic mass is 16.2. The van der Waals surface area contributed by atoms with Crippen LogP contribution in [0.25, 0.3) is 11.1 Å². The number of nitrogens with zero attached hydrogens (tertiary/aromatic N) is 4. The molecule has 6 rings (SSSR count). The third-order valence-electron chi connectivity index (χ3n) is 11.2. The smallest absolute Gasteiger partial charge is 0.251 e. The van der Waals surface area contributed by atoms with E-state index in [1.54, 1.807) is 0 Å². The highest BCUT2D eigenvalue weighted by molar-refractivity contribution is 6.01. The van der Waals surface area contributed by atoms with E-state index >= 15 is 0 Å². The first kappa shape index (κ1) is 37.2. The van der Waals surface area contributed by atoms with Crippen molar-refractivity contribution in [2.24, 2.45) is 38.7 Å². The standard InChI is InChI=1S/C42H53N7O3/c1-27-20-33(23-34(21-27)41(51)47-37-16-18-38(19-17-37)49(2)3)30-8-4-28(5-9-30)22-35(24-39(50)31-10-6-29(25-43)7-11-31)42(52)46-36-14-12-32(13-15-36)40-44-26-45-48-40/h4-5,8-9,12-15,20-21,23,29,31,35,37-38H,6-7,10-11,16-19,22,24-26,43H2,1-3H3,(H,46,52)(H,47,51)/t29?,31?,35-,37?,38?/m1/s1. The number of hydrogen-bond acceptors (Lipinski definition) is 8. The molecule has 3 aromatic carbocycles. The molecule has 3 aromatic rings. The van der Waals surface area contributed by atoms with Crippen LogP contribution >= 0.6 is 0 Å². The number of benzene rings is 3. The number of azo groups is 1. The number of aliphatic imine (C=N–C) groups is 1. The fourth-order valence-electron chi connectivity index (χ4n) is 7.92. The second kappa shape index (κ2) is 17.3. The van der Waals surface area contributed by atoms with Crippen LogP contribution in [-0.2, 0) is 16.0 Å². The Labute approximate surface area is 307 Å². The van der Waals surface area contributed by atoms with Crippen molar-refractivity contribution in [1.82, 2.24) is 10.2 Å². The molecule has 4 N–H and O–H groups in total. The van der Waals surface area contributed by atoms with Gasteiger partial charge in [-0.15, -0.1) is 5.11 Å². The number of nitrogens with one attached hydrogen (secondary N) is 2. The zero-order chi connectivity index (χ0) is 36.6. The fraction of sp³-hybridized carbons (Fsp3) is 0.476. The van der Waals surface area contributed by atoms with Crippen molar-refractivity contribution in [3.63, 3.8) is 0 Å². The lowest BCUT2D eigenvalue weighted by molar-refractivity contribution is -0.129. The largest absolute Gasteiger partial charge is 0.349 e. The van der Waals surface area contributed by atoms with Crippen LogP contribution in [0.2, 0.25) is 0 Å². The molecule has 0 aromatic heterocycles. The topological polar surface area (TPSA) is 142 Å². The fourth-order valence-corrected chi connectivity index (χ4v) is 7.92. The molecule has 10 heteroatoms. The zero-order valence-corrected chi connectivity index (χ0v) is 30.8. The summed E-state index contributed by atoms with van der Waals surface area (Å²) in [6.07, 6.45) is 8.37.